The van der Waals surface area contributed by atoms with Gasteiger partial charge in [0.15, 0.2) is 0 Å². The van der Waals surface area contributed by atoms with Gasteiger partial charge in [0.25, 0.3) is 5.89 Å². The fourth-order valence-electron chi connectivity index (χ4n) is 3.69. The second kappa shape index (κ2) is 10.0. The van der Waals surface area contributed by atoms with Gasteiger partial charge in [-0.2, -0.15) is 8.78 Å². The van der Waals surface area contributed by atoms with Crippen LogP contribution in [-0.2, 0) is 6.54 Å². The number of rotatable bonds is 6. The standard InChI is InChI=1S/C23H24F3N5O2/c1-2-29-11-13-30(14-12-29)23(32)31(19-9-7-18(24)8-10-19)15-16-3-5-17(6-4-16)21-27-28-22(33-21)20(25)26/h3-10,20H,2,11-15H2,1H3. The molecule has 0 atom stereocenters. The summed E-state index contributed by atoms with van der Waals surface area (Å²) >= 11 is 0. The average molecular weight is 459 g/mol. The number of likely N-dealkylation sites (N-methyl/N-ethyl adjacent to an activating group) is 1. The summed E-state index contributed by atoms with van der Waals surface area (Å²) in [5.74, 6) is -1.11. The number of aromatic nitrogens is 2. The normalized spacial score (nSPS) is 14.6. The largest absolute Gasteiger partial charge is 0.415 e. The molecule has 3 aromatic rings. The fraction of sp³-hybridized carbons (Fsp3) is 0.348. The Kier molecular flexibility index (Phi) is 6.93. The molecule has 4 rings (SSSR count). The lowest BCUT2D eigenvalue weighted by Gasteiger charge is -2.37. The van der Waals surface area contributed by atoms with Crippen molar-refractivity contribution in [2.75, 3.05) is 37.6 Å². The van der Waals surface area contributed by atoms with Gasteiger partial charge in [-0.3, -0.25) is 4.90 Å². The number of hydrogen-bond acceptors (Lipinski definition) is 5. The average Bonchev–Trinajstić information content (AvgIpc) is 3.34. The van der Waals surface area contributed by atoms with Crippen LogP contribution in [0.25, 0.3) is 11.5 Å². The van der Waals surface area contributed by atoms with E-state index in [1.165, 1.54) is 12.1 Å². The van der Waals surface area contributed by atoms with E-state index in [0.29, 0.717) is 24.3 Å². The predicted octanol–water partition coefficient (Wildman–Crippen LogP) is 4.58. The summed E-state index contributed by atoms with van der Waals surface area (Å²) in [6.07, 6.45) is -2.83. The number of benzene rings is 2. The molecule has 0 unspecified atom stereocenters. The number of amides is 2. The number of nitrogens with zero attached hydrogens (tertiary/aromatic N) is 5. The van der Waals surface area contributed by atoms with E-state index >= 15 is 0 Å². The number of piperazine rings is 1. The van der Waals surface area contributed by atoms with Crippen molar-refractivity contribution in [2.24, 2.45) is 0 Å². The van der Waals surface area contributed by atoms with Gasteiger partial charge >= 0.3 is 12.5 Å². The van der Waals surface area contributed by atoms with Crippen LogP contribution in [0.2, 0.25) is 0 Å². The lowest BCUT2D eigenvalue weighted by molar-refractivity contribution is 0.116. The van der Waals surface area contributed by atoms with Crippen LogP contribution in [0.4, 0.5) is 23.7 Å². The molecule has 0 saturated carbocycles. The zero-order valence-corrected chi connectivity index (χ0v) is 18.1. The van der Waals surface area contributed by atoms with E-state index in [1.54, 1.807) is 46.2 Å². The monoisotopic (exact) mass is 459 g/mol. The highest BCUT2D eigenvalue weighted by Crippen LogP contribution is 2.25. The van der Waals surface area contributed by atoms with Crippen LogP contribution >= 0.6 is 0 Å². The summed E-state index contributed by atoms with van der Waals surface area (Å²) in [6, 6.07) is 12.5. The Morgan fingerprint density at radius 3 is 2.27 bits per heavy atom. The van der Waals surface area contributed by atoms with Crippen molar-refractivity contribution in [3.8, 4) is 11.5 Å². The van der Waals surface area contributed by atoms with Crippen LogP contribution in [0.3, 0.4) is 0 Å². The maximum absolute atomic E-state index is 13.5. The van der Waals surface area contributed by atoms with Crippen LogP contribution in [0.5, 0.6) is 0 Å². The summed E-state index contributed by atoms with van der Waals surface area (Å²) in [7, 11) is 0. The molecule has 1 aliphatic rings. The van der Waals surface area contributed by atoms with E-state index in [1.807, 2.05) is 0 Å². The van der Waals surface area contributed by atoms with Gasteiger partial charge in [-0.25, -0.2) is 9.18 Å². The molecule has 0 spiro atoms. The first kappa shape index (κ1) is 22.8. The maximum Gasteiger partial charge on any atom is 0.324 e. The molecule has 0 radical (unpaired) electrons. The molecule has 1 fully saturated rings. The molecule has 2 heterocycles. The van der Waals surface area contributed by atoms with Gasteiger partial charge in [-0.05, 0) is 48.5 Å². The molecule has 1 aliphatic heterocycles. The number of anilines is 1. The Morgan fingerprint density at radius 2 is 1.70 bits per heavy atom. The molecule has 7 nitrogen and oxygen atoms in total. The molecule has 2 amide bonds. The minimum absolute atomic E-state index is 0.00267. The molecular weight excluding hydrogens is 435 g/mol. The zero-order valence-electron chi connectivity index (χ0n) is 18.1. The second-order valence-corrected chi connectivity index (χ2v) is 7.71. The third kappa shape index (κ3) is 5.33. The van der Waals surface area contributed by atoms with E-state index in [-0.39, 0.29) is 24.3 Å². The van der Waals surface area contributed by atoms with Crippen molar-refractivity contribution in [1.82, 2.24) is 20.0 Å². The van der Waals surface area contributed by atoms with E-state index < -0.39 is 12.3 Å². The minimum atomic E-state index is -2.83. The Balaban J connectivity index is 1.53. The molecule has 0 N–H and O–H groups in total. The van der Waals surface area contributed by atoms with Crippen molar-refractivity contribution in [3.63, 3.8) is 0 Å². The summed E-state index contributed by atoms with van der Waals surface area (Å²) in [5, 5.41) is 6.99. The number of alkyl halides is 2. The smallest absolute Gasteiger partial charge is 0.324 e. The van der Waals surface area contributed by atoms with Crippen molar-refractivity contribution in [2.45, 2.75) is 19.9 Å². The van der Waals surface area contributed by atoms with Gasteiger partial charge in [0, 0.05) is 37.4 Å². The lowest BCUT2D eigenvalue weighted by atomic mass is 10.1. The summed E-state index contributed by atoms with van der Waals surface area (Å²) in [6.45, 7) is 6.13. The Bertz CT molecular complexity index is 1060. The zero-order chi connectivity index (χ0) is 23.4. The summed E-state index contributed by atoms with van der Waals surface area (Å²) in [5.41, 5.74) is 1.88. The number of carbonyl (C=O) groups is 1. The van der Waals surface area contributed by atoms with Crippen LogP contribution < -0.4 is 4.90 Å². The van der Waals surface area contributed by atoms with Crippen molar-refractivity contribution >= 4 is 11.7 Å². The number of hydrogen-bond donors (Lipinski definition) is 0. The molecule has 33 heavy (non-hydrogen) atoms. The third-order valence-electron chi connectivity index (χ3n) is 5.63. The Hall–Kier alpha value is -3.40. The first-order valence-corrected chi connectivity index (χ1v) is 10.7. The quantitative estimate of drug-likeness (QED) is 0.540. The lowest BCUT2D eigenvalue weighted by Crippen LogP contribution is -2.52. The predicted molar refractivity (Wildman–Crippen MR) is 116 cm³/mol. The summed E-state index contributed by atoms with van der Waals surface area (Å²) in [4.78, 5) is 19.1. The number of carbonyl (C=O) groups excluding carboxylic acids is 1. The number of urea groups is 1. The third-order valence-corrected chi connectivity index (χ3v) is 5.63. The van der Waals surface area contributed by atoms with Crippen LogP contribution in [0, 0.1) is 5.82 Å². The molecule has 0 bridgehead atoms. The van der Waals surface area contributed by atoms with Gasteiger partial charge in [0.05, 0.1) is 6.54 Å². The van der Waals surface area contributed by atoms with Crippen LogP contribution in [0.15, 0.2) is 52.9 Å². The topological polar surface area (TPSA) is 65.7 Å². The molecule has 2 aromatic carbocycles. The molecule has 10 heteroatoms. The Morgan fingerprint density at radius 1 is 1.03 bits per heavy atom. The van der Waals surface area contributed by atoms with E-state index in [0.717, 1.165) is 25.2 Å². The first-order valence-electron chi connectivity index (χ1n) is 10.7. The van der Waals surface area contributed by atoms with E-state index in [2.05, 4.69) is 22.0 Å². The minimum Gasteiger partial charge on any atom is -0.415 e. The van der Waals surface area contributed by atoms with Crippen LogP contribution in [-0.4, -0.2) is 58.8 Å². The van der Waals surface area contributed by atoms with E-state index in [9.17, 15) is 18.0 Å². The van der Waals surface area contributed by atoms with Gasteiger partial charge in [0.2, 0.25) is 5.89 Å². The molecule has 0 aliphatic carbocycles. The highest BCUT2D eigenvalue weighted by molar-refractivity contribution is 5.92. The highest BCUT2D eigenvalue weighted by atomic mass is 19.3. The van der Waals surface area contributed by atoms with E-state index in [4.69, 9.17) is 4.42 Å². The van der Waals surface area contributed by atoms with Gasteiger partial charge < -0.3 is 14.2 Å². The molecular formula is C23H24F3N5O2. The fourth-order valence-corrected chi connectivity index (χ4v) is 3.69. The SMILES string of the molecule is CCN1CCN(C(=O)N(Cc2ccc(-c3nnc(C(F)F)o3)cc2)c2ccc(F)cc2)CC1. The van der Waals surface area contributed by atoms with Crippen molar-refractivity contribution in [3.05, 3.63) is 65.8 Å². The van der Waals surface area contributed by atoms with Crippen molar-refractivity contribution in [1.29, 1.82) is 0 Å². The first-order chi connectivity index (χ1) is 15.9. The van der Waals surface area contributed by atoms with Gasteiger partial charge in [-0.1, -0.05) is 19.1 Å². The molecule has 174 valence electrons. The maximum atomic E-state index is 13.5. The van der Waals surface area contributed by atoms with Gasteiger partial charge in [0.1, 0.15) is 5.82 Å². The van der Waals surface area contributed by atoms with Crippen molar-refractivity contribution < 1.29 is 22.4 Å². The summed E-state index contributed by atoms with van der Waals surface area (Å²) < 4.78 is 43.9. The highest BCUT2D eigenvalue weighted by Gasteiger charge is 2.26. The number of halogens is 3. The second-order valence-electron chi connectivity index (χ2n) is 7.71. The van der Waals surface area contributed by atoms with Crippen LogP contribution in [0.1, 0.15) is 24.8 Å². The Labute approximate surface area is 189 Å². The van der Waals surface area contributed by atoms with Gasteiger partial charge in [-0.15, -0.1) is 10.2 Å². The molecule has 1 aromatic heterocycles. The molecule has 1 saturated heterocycles.